The van der Waals surface area contributed by atoms with E-state index in [1.54, 1.807) is 75.4 Å². The van der Waals surface area contributed by atoms with E-state index >= 15 is 0 Å². The number of carbonyl (C=O) groups is 5. The van der Waals surface area contributed by atoms with Crippen LogP contribution in [0.3, 0.4) is 0 Å². The Morgan fingerprint density at radius 2 is 1.31 bits per heavy atom. The van der Waals surface area contributed by atoms with Gasteiger partial charge >= 0.3 is 24.0 Å². The van der Waals surface area contributed by atoms with Crippen molar-refractivity contribution in [2.75, 3.05) is 19.8 Å². The van der Waals surface area contributed by atoms with Crippen molar-refractivity contribution < 1.29 is 47.7 Å². The third-order valence-corrected chi connectivity index (χ3v) is 8.10. The van der Waals surface area contributed by atoms with Gasteiger partial charge in [-0.3, -0.25) is 9.59 Å². The summed E-state index contributed by atoms with van der Waals surface area (Å²) in [6.45, 7) is 4.32. The van der Waals surface area contributed by atoms with Crippen molar-refractivity contribution in [2.45, 2.75) is 57.8 Å². The molecule has 0 spiro atoms. The first-order valence-corrected chi connectivity index (χ1v) is 16.9. The Balaban J connectivity index is 1.12. The molecule has 1 aliphatic rings. The number of fused-ring (bicyclic) bond motifs is 3. The molecule has 0 bridgehead atoms. The zero-order valence-corrected chi connectivity index (χ0v) is 29.3. The van der Waals surface area contributed by atoms with E-state index in [1.165, 1.54) is 0 Å². The van der Waals surface area contributed by atoms with Crippen LogP contribution in [0.2, 0.25) is 0 Å². The van der Waals surface area contributed by atoms with Gasteiger partial charge in [-0.15, -0.1) is 0 Å². The highest BCUT2D eigenvalue weighted by Crippen LogP contribution is 2.44. The quantitative estimate of drug-likeness (QED) is 0.0819. The van der Waals surface area contributed by atoms with Gasteiger partial charge in [-0.2, -0.15) is 0 Å². The van der Waals surface area contributed by atoms with Gasteiger partial charge in [0.2, 0.25) is 0 Å². The molecule has 1 amide bonds. The number of nitrogens with one attached hydrogen (secondary N) is 1. The molecule has 0 fully saturated rings. The summed E-state index contributed by atoms with van der Waals surface area (Å²) in [7, 11) is 0. The van der Waals surface area contributed by atoms with Crippen molar-refractivity contribution in [3.8, 4) is 16.9 Å². The third kappa shape index (κ3) is 10.5. The van der Waals surface area contributed by atoms with E-state index in [9.17, 15) is 24.0 Å². The van der Waals surface area contributed by atoms with Crippen LogP contribution < -0.4 is 10.1 Å². The topological polar surface area (TPSA) is 144 Å². The fourth-order valence-electron chi connectivity index (χ4n) is 5.66. The molecule has 1 N–H and O–H groups in total. The first kappa shape index (κ1) is 37.3. The summed E-state index contributed by atoms with van der Waals surface area (Å²) in [6, 6.07) is 29.6. The Bertz CT molecular complexity index is 1840. The summed E-state index contributed by atoms with van der Waals surface area (Å²) >= 11 is 0. The molecule has 11 heteroatoms. The predicted molar refractivity (Wildman–Crippen MR) is 191 cm³/mol. The number of hydrogen-bond acceptors (Lipinski definition) is 10. The molecule has 270 valence electrons. The Labute approximate surface area is 302 Å². The van der Waals surface area contributed by atoms with Crippen LogP contribution in [0.4, 0.5) is 4.79 Å². The molecule has 4 aromatic rings. The number of benzene rings is 4. The number of ether oxygens (including phenoxy) is 5. The molecule has 0 radical (unpaired) electrons. The molecule has 1 atom stereocenters. The number of esters is 3. The summed E-state index contributed by atoms with van der Waals surface area (Å²) in [5.74, 6) is -2.13. The van der Waals surface area contributed by atoms with Gasteiger partial charge in [-0.1, -0.05) is 91.0 Å². The smallest absolute Gasteiger partial charge is 0.407 e. The molecule has 1 aliphatic carbocycles. The summed E-state index contributed by atoms with van der Waals surface area (Å²) in [5.41, 5.74) is 4.58. The van der Waals surface area contributed by atoms with E-state index in [2.05, 4.69) is 5.32 Å². The maximum absolute atomic E-state index is 13.2. The Morgan fingerprint density at radius 3 is 1.94 bits per heavy atom. The number of hydrogen-bond donors (Lipinski definition) is 1. The zero-order valence-electron chi connectivity index (χ0n) is 29.3. The Hall–Kier alpha value is -5.97. The van der Waals surface area contributed by atoms with Gasteiger partial charge in [-0.25, -0.2) is 14.4 Å². The zero-order chi connectivity index (χ0) is 37.1. The average Bonchev–Trinajstić information content (AvgIpc) is 3.46. The van der Waals surface area contributed by atoms with E-state index in [1.807, 2.05) is 48.5 Å². The van der Waals surface area contributed by atoms with Crippen molar-refractivity contribution in [1.29, 1.82) is 0 Å². The van der Waals surface area contributed by atoms with E-state index in [4.69, 9.17) is 23.7 Å². The van der Waals surface area contributed by atoms with Crippen LogP contribution in [0.5, 0.6) is 5.75 Å². The van der Waals surface area contributed by atoms with Crippen LogP contribution in [-0.4, -0.2) is 61.2 Å². The first-order valence-electron chi connectivity index (χ1n) is 16.9. The minimum absolute atomic E-state index is 0.0473. The van der Waals surface area contributed by atoms with Crippen molar-refractivity contribution in [2.24, 2.45) is 0 Å². The molecule has 52 heavy (non-hydrogen) atoms. The lowest BCUT2D eigenvalue weighted by atomic mass is 9.98. The van der Waals surface area contributed by atoms with Crippen LogP contribution in [-0.2, 0) is 39.9 Å². The Kier molecular flexibility index (Phi) is 12.4. The van der Waals surface area contributed by atoms with Gasteiger partial charge in [0.05, 0.1) is 0 Å². The lowest BCUT2D eigenvalue weighted by molar-refractivity contribution is -0.155. The monoisotopic (exact) mass is 707 g/mol. The second-order valence-corrected chi connectivity index (χ2v) is 13.1. The van der Waals surface area contributed by atoms with Crippen LogP contribution >= 0.6 is 0 Å². The standard InChI is InChI=1S/C41H41NO10/c1-41(2,3)52-37(44)22-21-35(42-40(47)51-24-34-32-15-9-7-13-30(32)31-14-8-10-16-33(31)34)39(46)50-23-27-17-19-29(20-18-27)48-26-38(45)49-25-36(43)28-11-5-4-6-12-28/h4-20,34-35H,21-26H2,1-3H3,(H,42,47)/t35-/m0/s1. The average molecular weight is 708 g/mol. The molecular weight excluding hydrogens is 666 g/mol. The maximum Gasteiger partial charge on any atom is 0.407 e. The fraction of sp³-hybridized carbons (Fsp3) is 0.293. The van der Waals surface area contributed by atoms with Gasteiger partial charge in [0.15, 0.2) is 19.0 Å². The lowest BCUT2D eigenvalue weighted by Gasteiger charge is -2.21. The molecule has 0 aromatic heterocycles. The number of alkyl carbamates (subject to hydrolysis) is 1. The maximum atomic E-state index is 13.2. The highest BCUT2D eigenvalue weighted by molar-refractivity contribution is 5.97. The number of amides is 1. The van der Waals surface area contributed by atoms with Gasteiger partial charge in [0, 0.05) is 17.9 Å². The van der Waals surface area contributed by atoms with Gasteiger partial charge in [0.1, 0.15) is 30.6 Å². The fourth-order valence-corrected chi connectivity index (χ4v) is 5.66. The number of rotatable bonds is 15. The second kappa shape index (κ2) is 17.3. The van der Waals surface area contributed by atoms with Crippen molar-refractivity contribution >= 4 is 29.8 Å². The van der Waals surface area contributed by atoms with E-state index in [-0.39, 0.29) is 37.8 Å². The van der Waals surface area contributed by atoms with Crippen LogP contribution in [0, 0.1) is 0 Å². The Morgan fingerprint density at radius 1 is 0.692 bits per heavy atom. The van der Waals surface area contributed by atoms with E-state index in [0.29, 0.717) is 16.9 Å². The van der Waals surface area contributed by atoms with Crippen LogP contribution in [0.25, 0.3) is 11.1 Å². The lowest BCUT2D eigenvalue weighted by Crippen LogP contribution is -2.43. The molecule has 0 aliphatic heterocycles. The molecule has 11 nitrogen and oxygen atoms in total. The number of Topliss-reactive ketones (excluding diaryl/α,β-unsaturated/α-hetero) is 1. The molecule has 0 saturated heterocycles. The van der Waals surface area contributed by atoms with Crippen molar-refractivity contribution in [1.82, 2.24) is 5.32 Å². The SMILES string of the molecule is CC(C)(C)OC(=O)CC[C@H](NC(=O)OCC1c2ccccc2-c2ccccc21)C(=O)OCc1ccc(OCC(=O)OCC(=O)c2ccccc2)cc1. The molecule has 5 rings (SSSR count). The molecule has 4 aromatic carbocycles. The van der Waals surface area contributed by atoms with Gasteiger partial charge in [0.25, 0.3) is 0 Å². The molecular formula is C41H41NO10. The summed E-state index contributed by atoms with van der Waals surface area (Å²) < 4.78 is 27.0. The summed E-state index contributed by atoms with van der Waals surface area (Å²) in [6.07, 6.45) is -1.04. The van der Waals surface area contributed by atoms with Gasteiger partial charge < -0.3 is 29.0 Å². The number of ketones is 1. The van der Waals surface area contributed by atoms with Crippen LogP contribution in [0.1, 0.15) is 66.6 Å². The minimum Gasteiger partial charge on any atom is -0.482 e. The number of carbonyl (C=O) groups excluding carboxylic acids is 5. The second-order valence-electron chi connectivity index (χ2n) is 13.1. The third-order valence-electron chi connectivity index (χ3n) is 8.10. The molecule has 0 saturated carbocycles. The van der Waals surface area contributed by atoms with E-state index in [0.717, 1.165) is 22.3 Å². The van der Waals surface area contributed by atoms with Crippen LogP contribution in [0.15, 0.2) is 103 Å². The first-order chi connectivity index (χ1) is 25.0. The van der Waals surface area contributed by atoms with Crippen molar-refractivity contribution in [3.63, 3.8) is 0 Å². The largest absolute Gasteiger partial charge is 0.482 e. The molecule has 0 heterocycles. The summed E-state index contributed by atoms with van der Waals surface area (Å²) in [4.78, 5) is 63.0. The van der Waals surface area contributed by atoms with Gasteiger partial charge in [-0.05, 0) is 67.1 Å². The summed E-state index contributed by atoms with van der Waals surface area (Å²) in [5, 5.41) is 2.58. The molecule has 0 unspecified atom stereocenters. The predicted octanol–water partition coefficient (Wildman–Crippen LogP) is 6.56. The van der Waals surface area contributed by atoms with Crippen molar-refractivity contribution in [3.05, 3.63) is 125 Å². The van der Waals surface area contributed by atoms with E-state index < -0.39 is 48.9 Å². The highest BCUT2D eigenvalue weighted by Gasteiger charge is 2.30. The minimum atomic E-state index is -1.19. The highest BCUT2D eigenvalue weighted by atomic mass is 16.6. The normalized spacial score (nSPS) is 12.4.